The molecule has 1 aromatic heterocycles. The molecule has 0 atom stereocenters. The number of hydrogen-bond donors (Lipinski definition) is 0. The molecule has 1 fully saturated rings. The first-order valence-electron chi connectivity index (χ1n) is 8.91. The van der Waals surface area contributed by atoms with Crippen LogP contribution >= 0.6 is 0 Å². The summed E-state index contributed by atoms with van der Waals surface area (Å²) in [5.74, 6) is 1.20. The SMILES string of the molecule is Cc1noc(-c2ccc(C(=O)N(CCN(C)C)C3CCCC3)cc2)n1. The third-order valence-corrected chi connectivity index (χ3v) is 4.72. The highest BCUT2D eigenvalue weighted by molar-refractivity contribution is 5.94. The van der Waals surface area contributed by atoms with E-state index < -0.39 is 0 Å². The van der Waals surface area contributed by atoms with Crippen molar-refractivity contribution < 1.29 is 9.32 Å². The number of nitrogens with zero attached hydrogens (tertiary/aromatic N) is 4. The second-order valence-corrected chi connectivity index (χ2v) is 6.96. The monoisotopic (exact) mass is 342 g/mol. The third-order valence-electron chi connectivity index (χ3n) is 4.72. The van der Waals surface area contributed by atoms with E-state index in [0.717, 1.165) is 31.5 Å². The Balaban J connectivity index is 1.76. The normalized spacial score (nSPS) is 15.0. The number of likely N-dealkylation sites (N-methyl/N-ethyl adjacent to an activating group) is 1. The number of rotatable bonds is 6. The lowest BCUT2D eigenvalue weighted by Crippen LogP contribution is -2.42. The zero-order chi connectivity index (χ0) is 17.8. The lowest BCUT2D eigenvalue weighted by atomic mass is 10.1. The summed E-state index contributed by atoms with van der Waals surface area (Å²) in [6, 6.07) is 7.83. The van der Waals surface area contributed by atoms with Crippen molar-refractivity contribution in [3.8, 4) is 11.5 Å². The zero-order valence-electron chi connectivity index (χ0n) is 15.2. The average molecular weight is 342 g/mol. The quantitative estimate of drug-likeness (QED) is 0.807. The predicted molar refractivity (Wildman–Crippen MR) is 96.3 cm³/mol. The molecule has 0 aliphatic heterocycles. The van der Waals surface area contributed by atoms with Crippen molar-refractivity contribution in [2.75, 3.05) is 27.2 Å². The fourth-order valence-corrected chi connectivity index (χ4v) is 3.31. The molecule has 6 nitrogen and oxygen atoms in total. The van der Waals surface area contributed by atoms with Gasteiger partial charge in [-0.2, -0.15) is 4.98 Å². The van der Waals surface area contributed by atoms with Gasteiger partial charge >= 0.3 is 0 Å². The molecule has 0 bridgehead atoms. The predicted octanol–water partition coefficient (Wildman–Crippen LogP) is 2.99. The Bertz CT molecular complexity index is 702. The Labute approximate surface area is 148 Å². The van der Waals surface area contributed by atoms with Crippen molar-refractivity contribution in [1.29, 1.82) is 0 Å². The van der Waals surface area contributed by atoms with Crippen LogP contribution in [0.4, 0.5) is 0 Å². The van der Waals surface area contributed by atoms with E-state index in [1.807, 2.05) is 38.4 Å². The minimum Gasteiger partial charge on any atom is -0.334 e. The molecule has 25 heavy (non-hydrogen) atoms. The number of benzene rings is 1. The number of carbonyl (C=O) groups is 1. The van der Waals surface area contributed by atoms with Gasteiger partial charge in [-0.05, 0) is 58.1 Å². The molecule has 1 saturated carbocycles. The Morgan fingerprint density at radius 1 is 1.16 bits per heavy atom. The molecule has 134 valence electrons. The number of aromatic nitrogens is 2. The second kappa shape index (κ2) is 7.78. The van der Waals surface area contributed by atoms with Crippen LogP contribution in [0, 0.1) is 6.92 Å². The number of amides is 1. The maximum Gasteiger partial charge on any atom is 0.257 e. The molecule has 1 aliphatic rings. The summed E-state index contributed by atoms with van der Waals surface area (Å²) in [6.45, 7) is 3.43. The molecule has 1 aliphatic carbocycles. The lowest BCUT2D eigenvalue weighted by molar-refractivity contribution is 0.0667. The molecule has 0 saturated heterocycles. The highest BCUT2D eigenvalue weighted by Crippen LogP contribution is 2.25. The van der Waals surface area contributed by atoms with Crippen molar-refractivity contribution in [1.82, 2.24) is 19.9 Å². The van der Waals surface area contributed by atoms with Gasteiger partial charge in [-0.3, -0.25) is 4.79 Å². The second-order valence-electron chi connectivity index (χ2n) is 6.96. The van der Waals surface area contributed by atoms with Gasteiger partial charge in [0.15, 0.2) is 5.82 Å². The number of aryl methyl sites for hydroxylation is 1. The van der Waals surface area contributed by atoms with Crippen LogP contribution in [0.15, 0.2) is 28.8 Å². The highest BCUT2D eigenvalue weighted by atomic mass is 16.5. The van der Waals surface area contributed by atoms with Gasteiger partial charge in [-0.15, -0.1) is 0 Å². The Kier molecular flexibility index (Phi) is 5.48. The van der Waals surface area contributed by atoms with Gasteiger partial charge in [0.2, 0.25) is 0 Å². The standard InChI is InChI=1S/C19H26N4O2/c1-14-20-18(25-21-14)15-8-10-16(11-9-15)19(24)23(13-12-22(2)3)17-6-4-5-7-17/h8-11,17H,4-7,12-13H2,1-3H3. The maximum absolute atomic E-state index is 13.1. The van der Waals surface area contributed by atoms with Gasteiger partial charge in [0.1, 0.15) is 0 Å². The van der Waals surface area contributed by atoms with Crippen LogP contribution in [0.3, 0.4) is 0 Å². The smallest absolute Gasteiger partial charge is 0.257 e. The van der Waals surface area contributed by atoms with Crippen LogP contribution in [-0.4, -0.2) is 59.1 Å². The van der Waals surface area contributed by atoms with Crippen molar-refractivity contribution in [2.45, 2.75) is 38.6 Å². The molecule has 0 spiro atoms. The summed E-state index contributed by atoms with van der Waals surface area (Å²) in [4.78, 5) is 21.5. The van der Waals surface area contributed by atoms with Gasteiger partial charge in [0, 0.05) is 30.3 Å². The van der Waals surface area contributed by atoms with E-state index in [-0.39, 0.29) is 5.91 Å². The van der Waals surface area contributed by atoms with E-state index in [9.17, 15) is 4.79 Å². The number of carbonyl (C=O) groups excluding carboxylic acids is 1. The summed E-state index contributed by atoms with van der Waals surface area (Å²) in [7, 11) is 4.08. The molecule has 3 rings (SSSR count). The molecule has 0 radical (unpaired) electrons. The molecule has 0 N–H and O–H groups in total. The minimum atomic E-state index is 0.113. The van der Waals surface area contributed by atoms with Gasteiger partial charge in [0.25, 0.3) is 11.8 Å². The van der Waals surface area contributed by atoms with Crippen molar-refractivity contribution in [3.05, 3.63) is 35.7 Å². The van der Waals surface area contributed by atoms with E-state index in [0.29, 0.717) is 23.3 Å². The summed E-state index contributed by atoms with van der Waals surface area (Å²) in [5, 5.41) is 3.81. The van der Waals surface area contributed by atoms with Crippen LogP contribution < -0.4 is 0 Å². The summed E-state index contributed by atoms with van der Waals surface area (Å²) in [6.07, 6.45) is 4.65. The first-order chi connectivity index (χ1) is 12.0. The summed E-state index contributed by atoms with van der Waals surface area (Å²) in [5.41, 5.74) is 1.54. The lowest BCUT2D eigenvalue weighted by Gasteiger charge is -2.30. The molecule has 2 aromatic rings. The van der Waals surface area contributed by atoms with E-state index in [4.69, 9.17) is 4.52 Å². The van der Waals surface area contributed by atoms with Gasteiger partial charge < -0.3 is 14.3 Å². The molecular weight excluding hydrogens is 316 g/mol. The molecule has 6 heteroatoms. The van der Waals surface area contributed by atoms with E-state index >= 15 is 0 Å². The number of hydrogen-bond acceptors (Lipinski definition) is 5. The third kappa shape index (κ3) is 4.25. The van der Waals surface area contributed by atoms with E-state index in [2.05, 4.69) is 19.9 Å². The fourth-order valence-electron chi connectivity index (χ4n) is 3.31. The van der Waals surface area contributed by atoms with Crippen molar-refractivity contribution in [2.24, 2.45) is 0 Å². The fraction of sp³-hybridized carbons (Fsp3) is 0.526. The Hall–Kier alpha value is -2.21. The van der Waals surface area contributed by atoms with E-state index in [1.54, 1.807) is 6.92 Å². The first-order valence-corrected chi connectivity index (χ1v) is 8.91. The largest absolute Gasteiger partial charge is 0.334 e. The van der Waals surface area contributed by atoms with Crippen molar-refractivity contribution in [3.63, 3.8) is 0 Å². The topological polar surface area (TPSA) is 62.5 Å². The Morgan fingerprint density at radius 2 is 1.84 bits per heavy atom. The molecular formula is C19H26N4O2. The van der Waals surface area contributed by atoms with Crippen LogP contribution in [0.25, 0.3) is 11.5 Å². The molecule has 1 aromatic carbocycles. The highest BCUT2D eigenvalue weighted by Gasteiger charge is 2.27. The van der Waals surface area contributed by atoms with Crippen LogP contribution in [0.2, 0.25) is 0 Å². The molecule has 1 amide bonds. The van der Waals surface area contributed by atoms with E-state index in [1.165, 1.54) is 12.8 Å². The molecule has 0 unspecified atom stereocenters. The maximum atomic E-state index is 13.1. The van der Waals surface area contributed by atoms with Crippen molar-refractivity contribution >= 4 is 5.91 Å². The van der Waals surface area contributed by atoms with Gasteiger partial charge in [-0.25, -0.2) is 0 Å². The summed E-state index contributed by atoms with van der Waals surface area (Å²) >= 11 is 0. The van der Waals surface area contributed by atoms with Gasteiger partial charge in [0.05, 0.1) is 0 Å². The first kappa shape index (κ1) is 17.6. The minimum absolute atomic E-state index is 0.113. The Morgan fingerprint density at radius 3 is 2.40 bits per heavy atom. The van der Waals surface area contributed by atoms with Crippen LogP contribution in [0.1, 0.15) is 41.9 Å². The average Bonchev–Trinajstić information content (AvgIpc) is 3.27. The zero-order valence-corrected chi connectivity index (χ0v) is 15.2. The molecule has 1 heterocycles. The van der Waals surface area contributed by atoms with Crippen LogP contribution in [0.5, 0.6) is 0 Å². The summed E-state index contributed by atoms with van der Waals surface area (Å²) < 4.78 is 5.18. The van der Waals surface area contributed by atoms with Gasteiger partial charge in [-0.1, -0.05) is 18.0 Å². The van der Waals surface area contributed by atoms with Crippen LogP contribution in [-0.2, 0) is 0 Å².